The van der Waals surface area contributed by atoms with Gasteiger partial charge >= 0.3 is 6.18 Å². The topological polar surface area (TPSA) is 30.2 Å². The van der Waals surface area contributed by atoms with E-state index >= 15 is 0 Å². The zero-order valence-electron chi connectivity index (χ0n) is 10.2. The minimum absolute atomic E-state index is 0.0829. The molecular formula is C13H6ClF4N3. The van der Waals surface area contributed by atoms with Crippen molar-refractivity contribution in [3.8, 4) is 11.1 Å². The molecular weight excluding hydrogens is 310 g/mol. The molecule has 3 nitrogen and oxygen atoms in total. The first kappa shape index (κ1) is 13.8. The Bertz CT molecular complexity index is 826. The number of benzene rings is 1. The molecule has 0 fully saturated rings. The summed E-state index contributed by atoms with van der Waals surface area (Å²) >= 11 is 5.79. The van der Waals surface area contributed by atoms with Crippen LogP contribution in [0.2, 0.25) is 5.15 Å². The highest BCUT2D eigenvalue weighted by molar-refractivity contribution is 6.29. The summed E-state index contributed by atoms with van der Waals surface area (Å²) in [4.78, 5) is 3.54. The third-order valence-electron chi connectivity index (χ3n) is 2.85. The first-order valence-corrected chi connectivity index (χ1v) is 6.11. The van der Waals surface area contributed by atoms with Crippen LogP contribution < -0.4 is 0 Å². The molecule has 108 valence electrons. The van der Waals surface area contributed by atoms with Crippen LogP contribution in [0.1, 0.15) is 5.69 Å². The number of nitrogens with zero attached hydrogens (tertiary/aromatic N) is 3. The number of hydrogen-bond donors (Lipinski definition) is 0. The highest BCUT2D eigenvalue weighted by Gasteiger charge is 2.34. The SMILES string of the molecule is Fc1cccc(-c2cnn3c(Cl)cc(C(F)(F)F)nc23)c1. The Hall–Kier alpha value is -2.15. The van der Waals surface area contributed by atoms with E-state index in [9.17, 15) is 17.6 Å². The monoisotopic (exact) mass is 315 g/mol. The molecule has 1 aromatic carbocycles. The molecule has 21 heavy (non-hydrogen) atoms. The molecule has 3 aromatic rings. The fourth-order valence-electron chi connectivity index (χ4n) is 1.93. The number of aromatic nitrogens is 3. The fourth-order valence-corrected chi connectivity index (χ4v) is 2.16. The van der Waals surface area contributed by atoms with Gasteiger partial charge in [0.25, 0.3) is 0 Å². The van der Waals surface area contributed by atoms with Crippen molar-refractivity contribution in [2.45, 2.75) is 6.18 Å². The summed E-state index contributed by atoms with van der Waals surface area (Å²) in [5.41, 5.74) is -0.575. The van der Waals surface area contributed by atoms with Gasteiger partial charge in [-0.3, -0.25) is 0 Å². The molecule has 0 unspecified atom stereocenters. The largest absolute Gasteiger partial charge is 0.433 e. The molecule has 0 radical (unpaired) electrons. The zero-order chi connectivity index (χ0) is 15.2. The van der Waals surface area contributed by atoms with E-state index in [2.05, 4.69) is 10.1 Å². The van der Waals surface area contributed by atoms with Crippen molar-refractivity contribution in [1.82, 2.24) is 14.6 Å². The predicted molar refractivity (Wildman–Crippen MR) is 68.4 cm³/mol. The third-order valence-corrected chi connectivity index (χ3v) is 3.12. The Labute approximate surface area is 120 Å². The fraction of sp³-hybridized carbons (Fsp3) is 0.0769. The molecule has 0 bridgehead atoms. The van der Waals surface area contributed by atoms with Crippen LogP contribution in [0.4, 0.5) is 17.6 Å². The van der Waals surface area contributed by atoms with Crippen molar-refractivity contribution in [1.29, 1.82) is 0 Å². The number of rotatable bonds is 1. The average Bonchev–Trinajstić information content (AvgIpc) is 2.82. The van der Waals surface area contributed by atoms with Crippen LogP contribution in [0.25, 0.3) is 16.8 Å². The van der Waals surface area contributed by atoms with Gasteiger partial charge in [0.15, 0.2) is 5.65 Å². The lowest BCUT2D eigenvalue weighted by Crippen LogP contribution is -2.10. The summed E-state index contributed by atoms with van der Waals surface area (Å²) in [6.45, 7) is 0. The first-order chi connectivity index (χ1) is 9.86. The summed E-state index contributed by atoms with van der Waals surface area (Å²) in [6.07, 6.45) is -3.34. The molecule has 8 heteroatoms. The Kier molecular flexibility index (Phi) is 3.09. The number of hydrogen-bond acceptors (Lipinski definition) is 2. The number of halogens is 5. The quantitative estimate of drug-likeness (QED) is 0.497. The Morgan fingerprint density at radius 2 is 1.90 bits per heavy atom. The van der Waals surface area contributed by atoms with Gasteiger partial charge in [0, 0.05) is 11.6 Å². The first-order valence-electron chi connectivity index (χ1n) is 5.73. The van der Waals surface area contributed by atoms with Crippen LogP contribution in [0, 0.1) is 5.82 Å². The second-order valence-corrected chi connectivity index (χ2v) is 4.65. The van der Waals surface area contributed by atoms with Gasteiger partial charge in [-0.05, 0) is 17.7 Å². The van der Waals surface area contributed by atoms with Crippen LogP contribution in [0.15, 0.2) is 36.5 Å². The highest BCUT2D eigenvalue weighted by atomic mass is 35.5. The van der Waals surface area contributed by atoms with Gasteiger partial charge in [0.1, 0.15) is 16.7 Å². The molecule has 0 aliphatic rings. The molecule has 0 N–H and O–H groups in total. The Morgan fingerprint density at radius 1 is 1.14 bits per heavy atom. The second-order valence-electron chi connectivity index (χ2n) is 4.27. The summed E-state index contributed by atoms with van der Waals surface area (Å²) in [5, 5.41) is 3.65. The molecule has 0 saturated heterocycles. The van der Waals surface area contributed by atoms with Gasteiger partial charge in [0.05, 0.1) is 6.20 Å². The Morgan fingerprint density at radius 3 is 2.57 bits per heavy atom. The minimum Gasteiger partial charge on any atom is -0.223 e. The summed E-state index contributed by atoms with van der Waals surface area (Å²) in [7, 11) is 0. The lowest BCUT2D eigenvalue weighted by atomic mass is 10.1. The van der Waals surface area contributed by atoms with Crippen LogP contribution in [0.3, 0.4) is 0 Å². The number of fused-ring (bicyclic) bond motifs is 1. The molecule has 0 aliphatic heterocycles. The normalized spacial score (nSPS) is 12.0. The smallest absolute Gasteiger partial charge is 0.223 e. The lowest BCUT2D eigenvalue weighted by molar-refractivity contribution is -0.141. The second kappa shape index (κ2) is 4.70. The molecule has 2 heterocycles. The predicted octanol–water partition coefficient (Wildman–Crippen LogP) is 4.21. The van der Waals surface area contributed by atoms with E-state index in [-0.39, 0.29) is 16.4 Å². The van der Waals surface area contributed by atoms with Crippen molar-refractivity contribution in [2.75, 3.05) is 0 Å². The number of alkyl halides is 3. The van der Waals surface area contributed by atoms with Gasteiger partial charge in [-0.15, -0.1) is 0 Å². The highest BCUT2D eigenvalue weighted by Crippen LogP contribution is 2.32. The summed E-state index contributed by atoms with van der Waals surface area (Å²) in [5.74, 6) is -0.509. The van der Waals surface area contributed by atoms with Crippen molar-refractivity contribution >= 4 is 17.2 Å². The lowest BCUT2D eigenvalue weighted by Gasteiger charge is -2.07. The van der Waals surface area contributed by atoms with E-state index in [1.165, 1.54) is 24.4 Å². The third kappa shape index (κ3) is 2.44. The van der Waals surface area contributed by atoms with Gasteiger partial charge in [-0.2, -0.15) is 18.3 Å². The molecule has 0 amide bonds. The van der Waals surface area contributed by atoms with E-state index in [1.54, 1.807) is 6.07 Å². The maximum Gasteiger partial charge on any atom is 0.433 e. The molecule has 0 aliphatic carbocycles. The maximum atomic E-state index is 13.3. The minimum atomic E-state index is -4.63. The summed E-state index contributed by atoms with van der Waals surface area (Å²) < 4.78 is 52.7. The van der Waals surface area contributed by atoms with E-state index in [0.29, 0.717) is 11.6 Å². The molecule has 0 spiro atoms. The van der Waals surface area contributed by atoms with Gasteiger partial charge < -0.3 is 0 Å². The molecule has 2 aromatic heterocycles. The Balaban J connectivity index is 2.28. The van der Waals surface area contributed by atoms with Crippen LogP contribution in [-0.2, 0) is 6.18 Å². The van der Waals surface area contributed by atoms with E-state index < -0.39 is 17.7 Å². The maximum absolute atomic E-state index is 13.3. The van der Waals surface area contributed by atoms with E-state index in [4.69, 9.17) is 11.6 Å². The van der Waals surface area contributed by atoms with Crippen molar-refractivity contribution < 1.29 is 17.6 Å². The van der Waals surface area contributed by atoms with Crippen molar-refractivity contribution in [3.05, 3.63) is 53.2 Å². The molecule has 3 rings (SSSR count). The van der Waals surface area contributed by atoms with Crippen molar-refractivity contribution in [3.63, 3.8) is 0 Å². The standard InChI is InChI=1S/C13H6ClF4N3/c14-11-5-10(13(16,17)18)20-12-9(6-19-21(11)12)7-2-1-3-8(15)4-7/h1-6H. The van der Waals surface area contributed by atoms with Gasteiger partial charge in [0.2, 0.25) is 0 Å². The van der Waals surface area contributed by atoms with Crippen LogP contribution in [0.5, 0.6) is 0 Å². The zero-order valence-corrected chi connectivity index (χ0v) is 11.0. The average molecular weight is 316 g/mol. The molecule has 0 saturated carbocycles. The van der Waals surface area contributed by atoms with Crippen LogP contribution in [-0.4, -0.2) is 14.6 Å². The molecule has 0 atom stereocenters. The van der Waals surface area contributed by atoms with Gasteiger partial charge in [-0.25, -0.2) is 13.9 Å². The van der Waals surface area contributed by atoms with Crippen molar-refractivity contribution in [2.24, 2.45) is 0 Å². The van der Waals surface area contributed by atoms with Gasteiger partial charge in [-0.1, -0.05) is 23.7 Å². The van der Waals surface area contributed by atoms with E-state index in [1.807, 2.05) is 0 Å². The summed E-state index contributed by atoms with van der Waals surface area (Å²) in [6, 6.07) is 6.11. The van der Waals surface area contributed by atoms with Crippen LogP contribution >= 0.6 is 11.6 Å². The van der Waals surface area contributed by atoms with E-state index in [0.717, 1.165) is 4.52 Å².